The maximum absolute atomic E-state index is 10.8. The average Bonchev–Trinajstić information content (AvgIpc) is 2.86. The van der Waals surface area contributed by atoms with Gasteiger partial charge >= 0.3 is 16.8 Å². The van der Waals surface area contributed by atoms with Crippen LogP contribution >= 0.6 is 0 Å². The molecule has 46 heavy (non-hydrogen) atoms. The van der Waals surface area contributed by atoms with Gasteiger partial charge in [-0.25, -0.2) is 0 Å². The Labute approximate surface area is 287 Å². The van der Waals surface area contributed by atoms with E-state index in [1.54, 1.807) is 0 Å². The predicted molar refractivity (Wildman–Crippen MR) is 181 cm³/mol. The van der Waals surface area contributed by atoms with Crippen LogP contribution in [0.2, 0.25) is 0 Å². The zero-order chi connectivity index (χ0) is 34.7. The minimum absolute atomic E-state index is 0. The molecule has 2 N–H and O–H groups in total. The molecule has 0 atom stereocenters. The van der Waals surface area contributed by atoms with Crippen molar-refractivity contribution < 1.29 is 46.8 Å². The Balaban J connectivity index is 0. The van der Waals surface area contributed by atoms with E-state index in [1.165, 1.54) is 11.1 Å². The van der Waals surface area contributed by atoms with Crippen LogP contribution in [0.5, 0.6) is 11.5 Å². The van der Waals surface area contributed by atoms with Crippen molar-refractivity contribution in [2.75, 3.05) is 13.1 Å². The second-order valence-corrected chi connectivity index (χ2v) is 13.2. The number of carboxylic acid groups (broad SMARTS) is 2. The molecule has 0 saturated heterocycles. The third kappa shape index (κ3) is 21.5. The Kier molecular flexibility index (Phi) is 23.5. The SMILES string of the molecule is CC(=O)[O-].CC(=O)[O-].CC(C)Cc1cc(C=NCCCN=Cc2cc(CC(C)C)cc(CC(C)C)c2O)c(O)c(CC(C)C)c1.[Co+2]. The third-order valence-electron chi connectivity index (χ3n) is 6.14. The van der Waals surface area contributed by atoms with E-state index in [2.05, 4.69) is 89.6 Å². The molecule has 0 aliphatic rings. The fourth-order valence-corrected chi connectivity index (χ4v) is 4.72. The number of benzene rings is 2. The van der Waals surface area contributed by atoms with Crippen LogP contribution in [-0.4, -0.2) is 47.7 Å². The van der Waals surface area contributed by atoms with E-state index in [4.69, 9.17) is 19.8 Å². The molecule has 0 aliphatic carbocycles. The maximum atomic E-state index is 10.8. The molecule has 0 amide bonds. The molecule has 0 spiro atoms. The normalized spacial score (nSPS) is 11.1. The van der Waals surface area contributed by atoms with E-state index < -0.39 is 11.9 Å². The number of aromatic hydroxyl groups is 2. The number of carboxylic acids is 2. The van der Waals surface area contributed by atoms with Crippen molar-refractivity contribution >= 4 is 24.4 Å². The number of hydrogen-bond donors (Lipinski definition) is 2. The van der Waals surface area contributed by atoms with Gasteiger partial charge in [-0.1, -0.05) is 67.5 Å². The molecule has 0 aliphatic heterocycles. The molecular formula is C37H56CoN2O6. The summed E-state index contributed by atoms with van der Waals surface area (Å²) in [5, 5.41) is 39.4. The van der Waals surface area contributed by atoms with Crippen molar-refractivity contribution in [1.29, 1.82) is 0 Å². The number of carbonyl (C=O) groups is 2. The summed E-state index contributed by atoms with van der Waals surface area (Å²) in [6.45, 7) is 20.8. The molecule has 0 aromatic heterocycles. The number of phenolic OH excluding ortho intramolecular Hbond substituents is 2. The topological polar surface area (TPSA) is 145 Å². The van der Waals surface area contributed by atoms with Crippen molar-refractivity contribution in [3.8, 4) is 11.5 Å². The van der Waals surface area contributed by atoms with Crippen molar-refractivity contribution in [1.82, 2.24) is 0 Å². The minimum Gasteiger partial charge on any atom is -0.550 e. The second kappa shape index (κ2) is 24.1. The molecule has 2 aromatic rings. The number of nitrogens with zero attached hydrogens (tertiary/aromatic N) is 2. The first kappa shape index (κ1) is 45.0. The maximum Gasteiger partial charge on any atom is 2.00 e. The monoisotopic (exact) mass is 683 g/mol. The summed E-state index contributed by atoms with van der Waals surface area (Å²) in [6, 6.07) is 8.45. The van der Waals surface area contributed by atoms with E-state index >= 15 is 0 Å². The van der Waals surface area contributed by atoms with E-state index in [1.807, 2.05) is 12.4 Å². The van der Waals surface area contributed by atoms with Gasteiger partial charge in [-0.3, -0.25) is 9.98 Å². The van der Waals surface area contributed by atoms with Crippen LogP contribution in [-0.2, 0) is 52.1 Å². The van der Waals surface area contributed by atoms with Gasteiger partial charge in [0.2, 0.25) is 0 Å². The van der Waals surface area contributed by atoms with Gasteiger partial charge in [0.05, 0.1) is 0 Å². The second-order valence-electron chi connectivity index (χ2n) is 13.2. The largest absolute Gasteiger partial charge is 2.00 e. The molecule has 0 heterocycles. The first-order valence-electron chi connectivity index (χ1n) is 16.0. The van der Waals surface area contributed by atoms with Gasteiger partial charge < -0.3 is 30.0 Å². The van der Waals surface area contributed by atoms with Gasteiger partial charge in [-0.15, -0.1) is 0 Å². The van der Waals surface area contributed by atoms with Crippen molar-refractivity contribution in [3.05, 3.63) is 57.6 Å². The standard InChI is InChI=1S/C33H50N2O2.2C2H4O2.Co/c1-22(2)12-26-16-28(14-24(5)6)32(36)30(18-26)20-34-10-9-11-35-21-31-19-27(13-23(3)4)17-29(33(31)37)15-25(7)8;2*1-2(3)4;/h16-25,36-37H,9-15H2,1-8H3;2*1H3,(H,3,4);/q;;;+2/p-2. The Morgan fingerprint density at radius 1 is 0.630 bits per heavy atom. The number of aliphatic carboxylic acids is 2. The summed E-state index contributed by atoms with van der Waals surface area (Å²) in [5.41, 5.74) is 6.14. The van der Waals surface area contributed by atoms with Crippen LogP contribution in [0.4, 0.5) is 0 Å². The zero-order valence-corrected chi connectivity index (χ0v) is 30.5. The quantitative estimate of drug-likeness (QED) is 0.203. The van der Waals surface area contributed by atoms with Gasteiger partial charge in [-0.2, -0.15) is 0 Å². The molecule has 0 fully saturated rings. The van der Waals surface area contributed by atoms with Gasteiger partial charge in [0.15, 0.2) is 0 Å². The number of rotatable bonds is 14. The Hall–Kier alpha value is -3.17. The van der Waals surface area contributed by atoms with Crippen molar-refractivity contribution in [2.45, 2.75) is 101 Å². The predicted octanol–water partition coefficient (Wildman–Crippen LogP) is 5.33. The zero-order valence-electron chi connectivity index (χ0n) is 29.5. The molecule has 2 rings (SSSR count). The first-order chi connectivity index (χ1) is 20.9. The summed E-state index contributed by atoms with van der Waals surface area (Å²) in [6.07, 6.45) is 8.13. The van der Waals surface area contributed by atoms with Gasteiger partial charge in [0, 0.05) is 48.6 Å². The number of aliphatic imine (C=N–C) groups is 2. The first-order valence-corrected chi connectivity index (χ1v) is 16.0. The van der Waals surface area contributed by atoms with Crippen molar-refractivity contribution in [3.63, 3.8) is 0 Å². The Morgan fingerprint density at radius 3 is 1.17 bits per heavy atom. The summed E-state index contributed by atoms with van der Waals surface area (Å²) >= 11 is 0. The smallest absolute Gasteiger partial charge is 0.550 e. The molecule has 8 nitrogen and oxygen atoms in total. The van der Waals surface area contributed by atoms with Crippen molar-refractivity contribution in [2.24, 2.45) is 33.7 Å². The third-order valence-corrected chi connectivity index (χ3v) is 6.14. The van der Waals surface area contributed by atoms with Crippen LogP contribution in [0.15, 0.2) is 34.3 Å². The Morgan fingerprint density at radius 2 is 0.913 bits per heavy atom. The van der Waals surface area contributed by atoms with Crippen LogP contribution in [0.25, 0.3) is 0 Å². The number of hydrogen-bond acceptors (Lipinski definition) is 8. The summed E-state index contributed by atoms with van der Waals surface area (Å²) in [5.74, 6) is 0.635. The molecule has 0 saturated carbocycles. The molecule has 0 bridgehead atoms. The van der Waals surface area contributed by atoms with Gasteiger partial charge in [0.25, 0.3) is 0 Å². The van der Waals surface area contributed by atoms with E-state index in [-0.39, 0.29) is 16.8 Å². The molecule has 9 heteroatoms. The number of phenols is 2. The van der Waals surface area contributed by atoms with Gasteiger partial charge in [-0.05, 0) is 104 Å². The van der Waals surface area contributed by atoms with Crippen LogP contribution in [0.1, 0.15) is 109 Å². The van der Waals surface area contributed by atoms with Crippen LogP contribution < -0.4 is 10.2 Å². The molecule has 259 valence electrons. The fraction of sp³-hybridized carbons (Fsp3) is 0.568. The number of carbonyl (C=O) groups excluding carboxylic acids is 2. The van der Waals surface area contributed by atoms with E-state index in [0.29, 0.717) is 48.3 Å². The Bertz CT molecular complexity index is 1150. The van der Waals surface area contributed by atoms with Gasteiger partial charge in [0.1, 0.15) is 11.5 Å². The fourth-order valence-electron chi connectivity index (χ4n) is 4.72. The molecular weight excluding hydrogens is 627 g/mol. The van der Waals surface area contributed by atoms with Crippen LogP contribution in [0, 0.1) is 23.7 Å². The van der Waals surface area contributed by atoms with Crippen LogP contribution in [0.3, 0.4) is 0 Å². The summed E-state index contributed by atoms with van der Waals surface area (Å²) < 4.78 is 0. The minimum atomic E-state index is -1.08. The molecule has 2 aromatic carbocycles. The van der Waals surface area contributed by atoms with E-state index in [9.17, 15) is 10.2 Å². The molecule has 0 unspecified atom stereocenters. The average molecular weight is 684 g/mol. The summed E-state index contributed by atoms with van der Waals surface area (Å²) in [7, 11) is 0. The molecule has 1 radical (unpaired) electrons. The van der Waals surface area contributed by atoms with E-state index in [0.717, 1.165) is 68.2 Å². The summed E-state index contributed by atoms with van der Waals surface area (Å²) in [4.78, 5) is 27.0.